The maximum absolute atomic E-state index is 6.35. The Bertz CT molecular complexity index is 810. The average Bonchev–Trinajstić information content (AvgIpc) is 3.45. The van der Waals surface area contributed by atoms with Gasteiger partial charge in [-0.2, -0.15) is 0 Å². The van der Waals surface area contributed by atoms with Crippen LogP contribution >= 0.6 is 35.6 Å². The van der Waals surface area contributed by atoms with Crippen LogP contribution in [0.4, 0.5) is 0 Å². The maximum Gasteiger partial charge on any atom is 0.188 e. The van der Waals surface area contributed by atoms with Crippen LogP contribution in [0.3, 0.4) is 0 Å². The first kappa shape index (κ1) is 21.6. The first-order chi connectivity index (χ1) is 12.6. The molecule has 3 rings (SSSR count). The van der Waals surface area contributed by atoms with Gasteiger partial charge in [0.2, 0.25) is 0 Å². The number of rotatable bonds is 7. The van der Waals surface area contributed by atoms with E-state index in [-0.39, 0.29) is 29.4 Å². The molecule has 0 unspecified atom stereocenters. The van der Waals surface area contributed by atoms with Crippen LogP contribution in [-0.4, -0.2) is 26.7 Å². The minimum Gasteiger partial charge on any atom is -0.493 e. The highest BCUT2D eigenvalue weighted by Crippen LogP contribution is 2.49. The molecule has 0 heterocycles. The molecular formula is C20H25ClIN3O2. The summed E-state index contributed by atoms with van der Waals surface area (Å²) in [4.78, 5) is 4.43. The van der Waals surface area contributed by atoms with Gasteiger partial charge in [0.25, 0.3) is 0 Å². The molecule has 0 bridgehead atoms. The fourth-order valence-corrected chi connectivity index (χ4v) is 3.39. The van der Waals surface area contributed by atoms with Gasteiger partial charge in [-0.1, -0.05) is 35.9 Å². The van der Waals surface area contributed by atoms with Gasteiger partial charge in [0.1, 0.15) is 0 Å². The van der Waals surface area contributed by atoms with Gasteiger partial charge < -0.3 is 20.5 Å². The van der Waals surface area contributed by atoms with Crippen LogP contribution in [-0.2, 0) is 12.0 Å². The summed E-state index contributed by atoms with van der Waals surface area (Å²) in [7, 11) is 3.23. The molecule has 5 nitrogen and oxygen atoms in total. The van der Waals surface area contributed by atoms with Crippen LogP contribution < -0.4 is 20.5 Å². The Morgan fingerprint density at radius 1 is 1.15 bits per heavy atom. The Balaban J connectivity index is 0.00000261. The van der Waals surface area contributed by atoms with Crippen molar-refractivity contribution < 1.29 is 9.47 Å². The van der Waals surface area contributed by atoms with Gasteiger partial charge >= 0.3 is 0 Å². The lowest BCUT2D eigenvalue weighted by Crippen LogP contribution is -2.37. The lowest BCUT2D eigenvalue weighted by Gasteiger charge is -2.18. The molecule has 1 fully saturated rings. The van der Waals surface area contributed by atoms with Crippen LogP contribution in [0.25, 0.3) is 0 Å². The summed E-state index contributed by atoms with van der Waals surface area (Å²) >= 11 is 6.35. The lowest BCUT2D eigenvalue weighted by atomic mass is 9.96. The second-order valence-corrected chi connectivity index (χ2v) is 6.91. The Kier molecular flexibility index (Phi) is 7.61. The van der Waals surface area contributed by atoms with Crippen LogP contribution in [0.5, 0.6) is 11.5 Å². The fourth-order valence-electron chi connectivity index (χ4n) is 3.05. The SMILES string of the molecule is COc1ccc(CN=C(N)NCC2(c3ccccc3Cl)CC2)cc1OC.I. The summed E-state index contributed by atoms with van der Waals surface area (Å²) in [6, 6.07) is 13.7. The third-order valence-electron chi connectivity index (χ3n) is 4.79. The monoisotopic (exact) mass is 501 g/mol. The van der Waals surface area contributed by atoms with E-state index in [9.17, 15) is 0 Å². The molecule has 146 valence electrons. The van der Waals surface area contributed by atoms with Gasteiger partial charge in [-0.25, -0.2) is 4.99 Å². The van der Waals surface area contributed by atoms with Crippen LogP contribution in [0.1, 0.15) is 24.0 Å². The zero-order chi connectivity index (χ0) is 18.6. The van der Waals surface area contributed by atoms with E-state index < -0.39 is 0 Å². The molecule has 0 amide bonds. The summed E-state index contributed by atoms with van der Waals surface area (Å²) in [5, 5.41) is 4.06. The molecule has 7 heteroatoms. The van der Waals surface area contributed by atoms with Crippen molar-refractivity contribution in [3.05, 3.63) is 58.6 Å². The minimum absolute atomic E-state index is 0. The molecule has 0 aliphatic heterocycles. The summed E-state index contributed by atoms with van der Waals surface area (Å²) in [6.45, 7) is 1.20. The van der Waals surface area contributed by atoms with E-state index >= 15 is 0 Å². The number of nitrogens with zero attached hydrogens (tertiary/aromatic N) is 1. The molecule has 0 atom stereocenters. The summed E-state index contributed by atoms with van der Waals surface area (Å²) in [5.41, 5.74) is 8.30. The molecule has 0 radical (unpaired) electrons. The fraction of sp³-hybridized carbons (Fsp3) is 0.350. The lowest BCUT2D eigenvalue weighted by molar-refractivity contribution is 0.354. The van der Waals surface area contributed by atoms with Gasteiger partial charge in [-0.3, -0.25) is 0 Å². The molecule has 0 saturated heterocycles. The predicted octanol–water partition coefficient (Wildman–Crippen LogP) is 4.11. The number of nitrogens with two attached hydrogens (primary N) is 1. The molecule has 0 aromatic heterocycles. The highest BCUT2D eigenvalue weighted by Gasteiger charge is 2.45. The highest BCUT2D eigenvalue weighted by molar-refractivity contribution is 14.0. The van der Waals surface area contributed by atoms with Crippen molar-refractivity contribution in [2.45, 2.75) is 24.8 Å². The van der Waals surface area contributed by atoms with Crippen molar-refractivity contribution in [1.82, 2.24) is 5.32 Å². The zero-order valence-corrected chi connectivity index (χ0v) is 18.6. The van der Waals surface area contributed by atoms with Crippen molar-refractivity contribution in [2.75, 3.05) is 20.8 Å². The second-order valence-electron chi connectivity index (χ2n) is 6.50. The number of guanidine groups is 1. The first-order valence-electron chi connectivity index (χ1n) is 8.58. The quantitative estimate of drug-likeness (QED) is 0.340. The second kappa shape index (κ2) is 9.50. The Labute approximate surface area is 182 Å². The standard InChI is InChI=1S/C20H24ClN3O2.HI/c1-25-17-8-7-14(11-18(17)26-2)12-23-19(22)24-13-20(9-10-20)15-5-3-4-6-16(15)21;/h3-8,11H,9-10,12-13H2,1-2H3,(H3,22,23,24);1H. The Morgan fingerprint density at radius 3 is 2.48 bits per heavy atom. The van der Waals surface area contributed by atoms with Crippen LogP contribution in [0.2, 0.25) is 5.02 Å². The van der Waals surface area contributed by atoms with Gasteiger partial charge in [0.15, 0.2) is 17.5 Å². The van der Waals surface area contributed by atoms with Gasteiger partial charge in [0, 0.05) is 17.0 Å². The number of hydrogen-bond acceptors (Lipinski definition) is 3. The molecule has 3 N–H and O–H groups in total. The Morgan fingerprint density at radius 2 is 1.85 bits per heavy atom. The van der Waals surface area contributed by atoms with Crippen molar-refractivity contribution >= 4 is 41.5 Å². The van der Waals surface area contributed by atoms with E-state index in [0.29, 0.717) is 24.0 Å². The summed E-state index contributed by atoms with van der Waals surface area (Å²) < 4.78 is 10.6. The molecular weight excluding hydrogens is 477 g/mol. The van der Waals surface area contributed by atoms with E-state index in [4.69, 9.17) is 26.8 Å². The third-order valence-corrected chi connectivity index (χ3v) is 5.12. The molecule has 2 aromatic rings. The number of halogens is 2. The average molecular weight is 502 g/mol. The highest BCUT2D eigenvalue weighted by atomic mass is 127. The first-order valence-corrected chi connectivity index (χ1v) is 8.95. The molecule has 27 heavy (non-hydrogen) atoms. The Hall–Kier alpha value is -1.67. The molecule has 0 spiro atoms. The van der Waals surface area contributed by atoms with Crippen molar-refractivity contribution in [2.24, 2.45) is 10.7 Å². The molecule has 1 saturated carbocycles. The third kappa shape index (κ3) is 5.19. The maximum atomic E-state index is 6.35. The van der Waals surface area contributed by atoms with Crippen molar-refractivity contribution in [1.29, 1.82) is 0 Å². The summed E-state index contributed by atoms with van der Waals surface area (Å²) in [6.07, 6.45) is 2.21. The predicted molar refractivity (Wildman–Crippen MR) is 121 cm³/mol. The topological polar surface area (TPSA) is 68.9 Å². The van der Waals surface area contributed by atoms with E-state index in [1.54, 1.807) is 14.2 Å². The van der Waals surface area contributed by atoms with Gasteiger partial charge in [0.05, 0.1) is 20.8 Å². The summed E-state index contributed by atoms with van der Waals surface area (Å²) in [5.74, 6) is 1.81. The number of nitrogens with one attached hydrogen (secondary N) is 1. The minimum atomic E-state index is 0. The van der Waals surface area contributed by atoms with E-state index in [1.165, 1.54) is 5.56 Å². The zero-order valence-electron chi connectivity index (χ0n) is 15.5. The molecule has 1 aliphatic rings. The van der Waals surface area contributed by atoms with Crippen LogP contribution in [0, 0.1) is 0 Å². The van der Waals surface area contributed by atoms with E-state index in [0.717, 1.165) is 30.0 Å². The normalized spacial score (nSPS) is 14.9. The smallest absolute Gasteiger partial charge is 0.188 e. The largest absolute Gasteiger partial charge is 0.493 e. The molecule has 1 aliphatic carbocycles. The number of aliphatic imine (C=N–C) groups is 1. The number of benzene rings is 2. The van der Waals surface area contributed by atoms with E-state index in [1.807, 2.05) is 36.4 Å². The van der Waals surface area contributed by atoms with Gasteiger partial charge in [-0.15, -0.1) is 24.0 Å². The van der Waals surface area contributed by atoms with Gasteiger partial charge in [-0.05, 0) is 42.2 Å². The van der Waals surface area contributed by atoms with Crippen molar-refractivity contribution in [3.8, 4) is 11.5 Å². The number of methoxy groups -OCH3 is 2. The van der Waals surface area contributed by atoms with E-state index in [2.05, 4.69) is 16.4 Å². The van der Waals surface area contributed by atoms with Crippen LogP contribution in [0.15, 0.2) is 47.5 Å². The number of hydrogen-bond donors (Lipinski definition) is 2. The van der Waals surface area contributed by atoms with Crippen molar-refractivity contribution in [3.63, 3.8) is 0 Å². The number of ether oxygens (including phenoxy) is 2. The molecule has 2 aromatic carbocycles.